The Balaban J connectivity index is 2.18. The Morgan fingerprint density at radius 3 is 2.78 bits per heavy atom. The molecule has 92 valence electrons. The van der Waals surface area contributed by atoms with Gasteiger partial charge in [-0.2, -0.15) is 0 Å². The van der Waals surface area contributed by atoms with E-state index in [4.69, 9.17) is 5.73 Å². The number of hydrogen-bond acceptors (Lipinski definition) is 5. The smallest absolute Gasteiger partial charge is 0.240 e. The first-order chi connectivity index (χ1) is 8.65. The summed E-state index contributed by atoms with van der Waals surface area (Å²) in [4.78, 5) is 4.15. The summed E-state index contributed by atoms with van der Waals surface area (Å²) >= 11 is 0. The number of benzene rings is 1. The number of halogens is 1. The molecule has 0 radical (unpaired) electrons. The van der Waals surface area contributed by atoms with Crippen LogP contribution in [0.3, 0.4) is 0 Å². The highest BCUT2D eigenvalue weighted by atomic mass is 19.1. The topological polar surface area (TPSA) is 84.9 Å². The van der Waals surface area contributed by atoms with E-state index in [-0.39, 0.29) is 17.6 Å². The lowest BCUT2D eigenvalue weighted by molar-refractivity contribution is 0.474. The molecule has 6 heteroatoms. The standard InChI is InChI=1S/C12H11FN4O/c13-7-3-4-9(18)8(5-7)11-10(6-1-2-6)15-12(14)17-16-11/h3-6,18H,1-2H2,(H2,14,15,17). The Labute approximate surface area is 103 Å². The van der Waals surface area contributed by atoms with Gasteiger partial charge in [0.15, 0.2) is 0 Å². The van der Waals surface area contributed by atoms with Crippen molar-refractivity contribution in [2.75, 3.05) is 5.73 Å². The largest absolute Gasteiger partial charge is 0.507 e. The van der Waals surface area contributed by atoms with E-state index < -0.39 is 5.82 Å². The molecule has 0 saturated heterocycles. The fraction of sp³-hybridized carbons (Fsp3) is 0.250. The van der Waals surface area contributed by atoms with Crippen LogP contribution >= 0.6 is 0 Å². The maximum Gasteiger partial charge on any atom is 0.240 e. The van der Waals surface area contributed by atoms with Crippen molar-refractivity contribution >= 4 is 5.95 Å². The predicted molar refractivity (Wildman–Crippen MR) is 63.3 cm³/mol. The van der Waals surface area contributed by atoms with Crippen LogP contribution in [-0.2, 0) is 0 Å². The van der Waals surface area contributed by atoms with Crippen LogP contribution in [0.1, 0.15) is 24.5 Å². The van der Waals surface area contributed by atoms with Gasteiger partial charge in [-0.1, -0.05) is 0 Å². The third-order valence-electron chi connectivity index (χ3n) is 2.91. The van der Waals surface area contributed by atoms with Gasteiger partial charge in [0, 0.05) is 11.5 Å². The number of nitrogens with zero attached hydrogens (tertiary/aromatic N) is 3. The van der Waals surface area contributed by atoms with Crippen LogP contribution in [0, 0.1) is 5.82 Å². The van der Waals surface area contributed by atoms with Crippen molar-refractivity contribution in [2.45, 2.75) is 18.8 Å². The molecule has 1 aliphatic carbocycles. The van der Waals surface area contributed by atoms with Crippen molar-refractivity contribution in [3.8, 4) is 17.0 Å². The summed E-state index contributed by atoms with van der Waals surface area (Å²) in [6.45, 7) is 0. The number of phenols is 1. The summed E-state index contributed by atoms with van der Waals surface area (Å²) < 4.78 is 13.3. The highest BCUT2D eigenvalue weighted by molar-refractivity contribution is 5.69. The van der Waals surface area contributed by atoms with Gasteiger partial charge >= 0.3 is 0 Å². The van der Waals surface area contributed by atoms with Crippen molar-refractivity contribution < 1.29 is 9.50 Å². The molecule has 1 saturated carbocycles. The molecule has 18 heavy (non-hydrogen) atoms. The van der Waals surface area contributed by atoms with Gasteiger partial charge in [0.1, 0.15) is 17.3 Å². The van der Waals surface area contributed by atoms with E-state index in [9.17, 15) is 9.50 Å². The molecule has 1 aromatic carbocycles. The minimum absolute atomic E-state index is 0.0424. The molecule has 0 aliphatic heterocycles. The molecule has 0 amide bonds. The normalized spacial score (nSPS) is 14.7. The highest BCUT2D eigenvalue weighted by Gasteiger charge is 2.30. The number of anilines is 1. The molecule has 1 heterocycles. The molecule has 0 spiro atoms. The SMILES string of the molecule is Nc1nnc(-c2cc(F)ccc2O)c(C2CC2)n1. The number of nitrogen functional groups attached to an aromatic ring is 1. The second kappa shape index (κ2) is 3.90. The average molecular weight is 246 g/mol. The van der Waals surface area contributed by atoms with Crippen molar-refractivity contribution in [1.29, 1.82) is 0 Å². The molecule has 1 aliphatic rings. The van der Waals surface area contributed by atoms with Crippen molar-refractivity contribution in [3.63, 3.8) is 0 Å². The lowest BCUT2D eigenvalue weighted by Crippen LogP contribution is -2.04. The van der Waals surface area contributed by atoms with Gasteiger partial charge < -0.3 is 10.8 Å². The van der Waals surface area contributed by atoms with Crippen LogP contribution in [0.2, 0.25) is 0 Å². The quantitative estimate of drug-likeness (QED) is 0.844. The van der Waals surface area contributed by atoms with E-state index in [0.717, 1.165) is 12.8 Å². The molecule has 1 fully saturated rings. The number of aromatic hydroxyl groups is 1. The lowest BCUT2D eigenvalue weighted by atomic mass is 10.1. The Hall–Kier alpha value is -2.24. The minimum Gasteiger partial charge on any atom is -0.507 e. The molecule has 5 nitrogen and oxygen atoms in total. The maximum atomic E-state index is 13.3. The molecular formula is C12H11FN4O. The summed E-state index contributed by atoms with van der Waals surface area (Å²) in [5.41, 5.74) is 6.91. The first-order valence-corrected chi connectivity index (χ1v) is 5.64. The highest BCUT2D eigenvalue weighted by Crippen LogP contribution is 2.44. The first kappa shape index (κ1) is 10.9. The zero-order valence-corrected chi connectivity index (χ0v) is 9.47. The van der Waals surface area contributed by atoms with Crippen LogP contribution in [0.5, 0.6) is 5.75 Å². The number of phenolic OH excluding ortho intramolecular Hbond substituents is 1. The number of rotatable bonds is 2. The molecule has 3 N–H and O–H groups in total. The van der Waals surface area contributed by atoms with Crippen molar-refractivity contribution in [3.05, 3.63) is 29.7 Å². The van der Waals surface area contributed by atoms with E-state index in [1.165, 1.54) is 18.2 Å². The summed E-state index contributed by atoms with van der Waals surface area (Å²) in [6.07, 6.45) is 2.00. The van der Waals surface area contributed by atoms with Crippen molar-refractivity contribution in [1.82, 2.24) is 15.2 Å². The zero-order valence-electron chi connectivity index (χ0n) is 9.47. The van der Waals surface area contributed by atoms with Crippen LogP contribution in [-0.4, -0.2) is 20.3 Å². The Kier molecular flexibility index (Phi) is 2.36. The van der Waals surface area contributed by atoms with Gasteiger partial charge in [0.05, 0.1) is 5.69 Å². The van der Waals surface area contributed by atoms with Gasteiger partial charge in [0.2, 0.25) is 5.95 Å². The van der Waals surface area contributed by atoms with E-state index in [1.807, 2.05) is 0 Å². The van der Waals surface area contributed by atoms with Gasteiger partial charge in [-0.25, -0.2) is 9.37 Å². The van der Waals surface area contributed by atoms with Gasteiger partial charge in [0.25, 0.3) is 0 Å². The molecule has 0 unspecified atom stereocenters. The molecule has 3 rings (SSSR count). The van der Waals surface area contributed by atoms with Gasteiger partial charge in [-0.15, -0.1) is 10.2 Å². The van der Waals surface area contributed by atoms with E-state index in [2.05, 4.69) is 15.2 Å². The minimum atomic E-state index is -0.442. The molecule has 0 atom stereocenters. The van der Waals surface area contributed by atoms with Gasteiger partial charge in [-0.05, 0) is 31.0 Å². The molecule has 1 aromatic heterocycles. The first-order valence-electron chi connectivity index (χ1n) is 5.64. The fourth-order valence-corrected chi connectivity index (χ4v) is 1.88. The number of hydrogen-bond donors (Lipinski definition) is 2. The fourth-order valence-electron chi connectivity index (χ4n) is 1.88. The summed E-state index contributed by atoms with van der Waals surface area (Å²) in [5.74, 6) is -0.112. The predicted octanol–water partition coefficient (Wildman–Crippen LogP) is 1.84. The van der Waals surface area contributed by atoms with E-state index in [0.29, 0.717) is 17.0 Å². The second-order valence-corrected chi connectivity index (χ2v) is 4.34. The van der Waals surface area contributed by atoms with Gasteiger partial charge in [-0.3, -0.25) is 0 Å². The van der Waals surface area contributed by atoms with Crippen LogP contribution in [0.15, 0.2) is 18.2 Å². The van der Waals surface area contributed by atoms with Crippen LogP contribution in [0.25, 0.3) is 11.3 Å². The number of nitrogens with two attached hydrogens (primary N) is 1. The molecular weight excluding hydrogens is 235 g/mol. The average Bonchev–Trinajstić information content (AvgIpc) is 3.16. The Morgan fingerprint density at radius 1 is 1.28 bits per heavy atom. The summed E-state index contributed by atoms with van der Waals surface area (Å²) in [6, 6.07) is 3.70. The number of aromatic nitrogens is 3. The maximum absolute atomic E-state index is 13.3. The monoisotopic (exact) mass is 246 g/mol. The third kappa shape index (κ3) is 1.85. The van der Waals surface area contributed by atoms with Crippen molar-refractivity contribution in [2.24, 2.45) is 0 Å². The molecule has 0 bridgehead atoms. The van der Waals surface area contributed by atoms with E-state index in [1.54, 1.807) is 0 Å². The summed E-state index contributed by atoms with van der Waals surface area (Å²) in [5, 5.41) is 17.4. The second-order valence-electron chi connectivity index (χ2n) is 4.34. The lowest BCUT2D eigenvalue weighted by Gasteiger charge is -2.08. The van der Waals surface area contributed by atoms with E-state index >= 15 is 0 Å². The Morgan fingerprint density at radius 2 is 2.06 bits per heavy atom. The zero-order chi connectivity index (χ0) is 12.7. The summed E-state index contributed by atoms with van der Waals surface area (Å²) in [7, 11) is 0. The molecule has 2 aromatic rings. The third-order valence-corrected chi connectivity index (χ3v) is 2.91. The van der Waals surface area contributed by atoms with Crippen LogP contribution in [0.4, 0.5) is 10.3 Å². The Bertz CT molecular complexity index is 613. The van der Waals surface area contributed by atoms with Crippen LogP contribution < -0.4 is 5.73 Å².